The number of carbonyl (C=O) groups excluding carboxylic acids is 1. The molecule has 0 aliphatic carbocycles. The van der Waals surface area contributed by atoms with Gasteiger partial charge in [0.2, 0.25) is 5.91 Å². The highest BCUT2D eigenvalue weighted by atomic mass is 16.5. The zero-order valence-electron chi connectivity index (χ0n) is 14.6. The van der Waals surface area contributed by atoms with Gasteiger partial charge in [0.1, 0.15) is 0 Å². The Balaban J connectivity index is 1.50. The molecule has 0 aromatic heterocycles. The van der Waals surface area contributed by atoms with Crippen molar-refractivity contribution in [2.75, 3.05) is 23.4 Å². The van der Waals surface area contributed by atoms with E-state index in [1.807, 2.05) is 35.2 Å². The number of carbonyl (C=O) groups is 1. The molecule has 4 nitrogen and oxygen atoms in total. The molecule has 2 aliphatic heterocycles. The number of fused-ring (bicyclic) bond motifs is 1. The van der Waals surface area contributed by atoms with Crippen LogP contribution in [0, 0.1) is 0 Å². The summed E-state index contributed by atoms with van der Waals surface area (Å²) in [6.45, 7) is 3.69. The lowest BCUT2D eigenvalue weighted by molar-refractivity contribution is -0.117. The van der Waals surface area contributed by atoms with Crippen molar-refractivity contribution in [2.45, 2.75) is 38.3 Å². The van der Waals surface area contributed by atoms with Crippen molar-refractivity contribution in [3.8, 4) is 0 Å². The molecule has 1 saturated heterocycles. The molecular weight excluding hydrogens is 312 g/mol. The predicted octanol–water partition coefficient (Wildman–Crippen LogP) is 3.41. The summed E-state index contributed by atoms with van der Waals surface area (Å²) in [5.41, 5.74) is 4.44. The molecule has 2 aromatic carbocycles. The van der Waals surface area contributed by atoms with Crippen LogP contribution in [0.2, 0.25) is 0 Å². The first-order valence-electron chi connectivity index (χ1n) is 9.06. The Hall–Kier alpha value is -2.33. The second-order valence-electron chi connectivity index (χ2n) is 6.92. The van der Waals surface area contributed by atoms with Gasteiger partial charge >= 0.3 is 0 Å². The minimum atomic E-state index is 0.166. The van der Waals surface area contributed by atoms with Crippen LogP contribution in [0.3, 0.4) is 0 Å². The molecule has 0 saturated carbocycles. The fourth-order valence-electron chi connectivity index (χ4n) is 3.73. The Morgan fingerprint density at radius 3 is 2.84 bits per heavy atom. The van der Waals surface area contributed by atoms with Crippen LogP contribution < -0.4 is 10.2 Å². The number of anilines is 2. The highest BCUT2D eigenvalue weighted by Gasteiger charge is 2.27. The maximum absolute atomic E-state index is 12.8. The number of hydrogen-bond donors (Lipinski definition) is 1. The topological polar surface area (TPSA) is 41.6 Å². The zero-order valence-corrected chi connectivity index (χ0v) is 14.6. The van der Waals surface area contributed by atoms with Crippen molar-refractivity contribution in [3.63, 3.8) is 0 Å². The third-order valence-corrected chi connectivity index (χ3v) is 5.21. The van der Waals surface area contributed by atoms with E-state index in [9.17, 15) is 4.79 Å². The Kier molecular flexibility index (Phi) is 4.45. The van der Waals surface area contributed by atoms with Crippen LogP contribution in [0.1, 0.15) is 24.5 Å². The third-order valence-electron chi connectivity index (χ3n) is 5.21. The Morgan fingerprint density at radius 1 is 1.24 bits per heavy atom. The van der Waals surface area contributed by atoms with Crippen LogP contribution in [0.4, 0.5) is 11.4 Å². The number of hydrogen-bond acceptors (Lipinski definition) is 3. The van der Waals surface area contributed by atoms with E-state index in [4.69, 9.17) is 4.74 Å². The van der Waals surface area contributed by atoms with Crippen LogP contribution in [-0.2, 0) is 22.4 Å². The molecule has 1 N–H and O–H groups in total. The Labute approximate surface area is 148 Å². The first-order chi connectivity index (χ1) is 12.2. The first-order valence-corrected chi connectivity index (χ1v) is 9.06. The number of rotatable bonds is 4. The standard InChI is InChI=1S/C21H24N2O2/c1-15-19(10-12-25-15)22-18-8-7-17-9-11-23(20(17)14-18)21(24)13-16-5-3-2-4-6-16/h2-8,14-15,19,22H,9-13H2,1H3/t15-,19+/m1/s1. The first kappa shape index (κ1) is 16.2. The van der Waals surface area contributed by atoms with Gasteiger partial charge in [-0.05, 0) is 43.0 Å². The molecule has 25 heavy (non-hydrogen) atoms. The van der Waals surface area contributed by atoms with Gasteiger partial charge in [-0.3, -0.25) is 4.79 Å². The molecule has 4 heteroatoms. The van der Waals surface area contributed by atoms with Gasteiger partial charge in [0, 0.05) is 24.5 Å². The van der Waals surface area contributed by atoms with Crippen LogP contribution in [0.5, 0.6) is 0 Å². The van der Waals surface area contributed by atoms with E-state index < -0.39 is 0 Å². The van der Waals surface area contributed by atoms with Gasteiger partial charge in [-0.2, -0.15) is 0 Å². The molecule has 2 heterocycles. The lowest BCUT2D eigenvalue weighted by atomic mass is 10.1. The number of nitrogens with zero attached hydrogens (tertiary/aromatic N) is 1. The van der Waals surface area contributed by atoms with Crippen LogP contribution in [-0.4, -0.2) is 31.2 Å². The van der Waals surface area contributed by atoms with Crippen molar-refractivity contribution in [2.24, 2.45) is 0 Å². The van der Waals surface area contributed by atoms with E-state index in [0.29, 0.717) is 12.5 Å². The zero-order chi connectivity index (χ0) is 17.2. The van der Waals surface area contributed by atoms with Gasteiger partial charge in [-0.15, -0.1) is 0 Å². The van der Waals surface area contributed by atoms with Crippen LogP contribution >= 0.6 is 0 Å². The minimum absolute atomic E-state index is 0.166. The fraction of sp³-hybridized carbons (Fsp3) is 0.381. The molecule has 2 atom stereocenters. The molecular formula is C21H24N2O2. The molecule has 2 aromatic rings. The van der Waals surface area contributed by atoms with E-state index in [0.717, 1.165) is 42.9 Å². The summed E-state index contributed by atoms with van der Waals surface area (Å²) in [5, 5.41) is 3.57. The molecule has 4 rings (SSSR count). The van der Waals surface area contributed by atoms with E-state index in [2.05, 4.69) is 30.4 Å². The van der Waals surface area contributed by atoms with Crippen molar-refractivity contribution in [3.05, 3.63) is 59.7 Å². The van der Waals surface area contributed by atoms with Crippen LogP contribution in [0.15, 0.2) is 48.5 Å². The van der Waals surface area contributed by atoms with Crippen molar-refractivity contribution >= 4 is 17.3 Å². The average molecular weight is 336 g/mol. The van der Waals surface area contributed by atoms with Crippen LogP contribution in [0.25, 0.3) is 0 Å². The van der Waals surface area contributed by atoms with Gasteiger partial charge in [-0.25, -0.2) is 0 Å². The number of amides is 1. The number of nitrogens with one attached hydrogen (secondary N) is 1. The maximum Gasteiger partial charge on any atom is 0.231 e. The summed E-state index contributed by atoms with van der Waals surface area (Å²) in [7, 11) is 0. The average Bonchev–Trinajstić information content (AvgIpc) is 3.22. The number of ether oxygens (including phenoxy) is 1. The van der Waals surface area contributed by atoms with E-state index in [-0.39, 0.29) is 12.0 Å². The molecule has 1 amide bonds. The summed E-state index contributed by atoms with van der Waals surface area (Å²) in [4.78, 5) is 14.7. The highest BCUT2D eigenvalue weighted by Crippen LogP contribution is 2.32. The van der Waals surface area contributed by atoms with Gasteiger partial charge in [0.15, 0.2) is 0 Å². The van der Waals surface area contributed by atoms with Gasteiger partial charge in [0.25, 0.3) is 0 Å². The fourth-order valence-corrected chi connectivity index (χ4v) is 3.73. The summed E-state index contributed by atoms with van der Waals surface area (Å²) in [6, 6.07) is 16.7. The lowest BCUT2D eigenvalue weighted by Crippen LogP contribution is -2.30. The van der Waals surface area contributed by atoms with Crippen molar-refractivity contribution < 1.29 is 9.53 Å². The highest BCUT2D eigenvalue weighted by molar-refractivity contribution is 5.97. The summed E-state index contributed by atoms with van der Waals surface area (Å²) < 4.78 is 5.63. The number of benzene rings is 2. The summed E-state index contributed by atoms with van der Waals surface area (Å²) in [5.74, 6) is 0.166. The third kappa shape index (κ3) is 3.40. The van der Waals surface area contributed by atoms with E-state index in [1.165, 1.54) is 5.56 Å². The molecule has 0 radical (unpaired) electrons. The molecule has 0 bridgehead atoms. The Morgan fingerprint density at radius 2 is 2.08 bits per heavy atom. The predicted molar refractivity (Wildman–Crippen MR) is 100 cm³/mol. The molecule has 130 valence electrons. The van der Waals surface area contributed by atoms with E-state index >= 15 is 0 Å². The molecule has 1 fully saturated rings. The van der Waals surface area contributed by atoms with E-state index in [1.54, 1.807) is 0 Å². The molecule has 2 aliphatic rings. The molecule has 0 unspecified atom stereocenters. The van der Waals surface area contributed by atoms with Gasteiger partial charge < -0.3 is 15.0 Å². The SMILES string of the molecule is C[C@H]1OCC[C@@H]1Nc1ccc2c(c1)N(C(=O)Cc1ccccc1)CC2. The minimum Gasteiger partial charge on any atom is -0.380 e. The van der Waals surface area contributed by atoms with Crippen molar-refractivity contribution in [1.82, 2.24) is 0 Å². The summed E-state index contributed by atoms with van der Waals surface area (Å²) >= 11 is 0. The Bertz CT molecular complexity index is 760. The molecule has 0 spiro atoms. The van der Waals surface area contributed by atoms with Gasteiger partial charge in [-0.1, -0.05) is 36.4 Å². The smallest absolute Gasteiger partial charge is 0.231 e. The lowest BCUT2D eigenvalue weighted by Gasteiger charge is -2.21. The maximum atomic E-state index is 12.8. The quantitative estimate of drug-likeness (QED) is 0.930. The van der Waals surface area contributed by atoms with Gasteiger partial charge in [0.05, 0.1) is 18.6 Å². The largest absolute Gasteiger partial charge is 0.380 e. The monoisotopic (exact) mass is 336 g/mol. The second kappa shape index (κ2) is 6.89. The normalized spacial score (nSPS) is 22.0. The summed E-state index contributed by atoms with van der Waals surface area (Å²) in [6.07, 6.45) is 2.63. The van der Waals surface area contributed by atoms with Crippen molar-refractivity contribution in [1.29, 1.82) is 0 Å². The second-order valence-corrected chi connectivity index (χ2v) is 6.92.